The first kappa shape index (κ1) is 16.5. The highest BCUT2D eigenvalue weighted by molar-refractivity contribution is 6.30. The van der Waals surface area contributed by atoms with Crippen LogP contribution in [0.4, 0.5) is 8.78 Å². The van der Waals surface area contributed by atoms with Gasteiger partial charge >= 0.3 is 0 Å². The topological polar surface area (TPSA) is 17.8 Å². The molecule has 0 saturated heterocycles. The van der Waals surface area contributed by atoms with E-state index in [9.17, 15) is 8.78 Å². The van der Waals surface area contributed by atoms with Crippen LogP contribution in [0.2, 0.25) is 5.02 Å². The van der Waals surface area contributed by atoms with Crippen molar-refractivity contribution in [3.05, 3.63) is 95.5 Å². The van der Waals surface area contributed by atoms with Crippen LogP contribution in [0.25, 0.3) is 28.2 Å². The Balaban J connectivity index is 1.90. The van der Waals surface area contributed by atoms with E-state index in [-0.39, 0.29) is 11.6 Å². The molecule has 0 fully saturated rings. The zero-order valence-electron chi connectivity index (χ0n) is 13.5. The van der Waals surface area contributed by atoms with Crippen LogP contribution >= 0.6 is 11.6 Å². The second-order valence-electron chi connectivity index (χ2n) is 5.82. The lowest BCUT2D eigenvalue weighted by Gasteiger charge is -2.08. The normalized spacial score (nSPS) is 10.9. The zero-order valence-corrected chi connectivity index (χ0v) is 14.3. The molecule has 1 aromatic heterocycles. The van der Waals surface area contributed by atoms with E-state index in [0.29, 0.717) is 10.7 Å². The molecule has 0 spiro atoms. The molecule has 0 N–H and O–H groups in total. The largest absolute Gasteiger partial charge is 0.232 e. The van der Waals surface area contributed by atoms with Gasteiger partial charge in [-0.15, -0.1) is 0 Å². The lowest BCUT2D eigenvalue weighted by Crippen LogP contribution is -1.99. The van der Waals surface area contributed by atoms with E-state index >= 15 is 0 Å². The van der Waals surface area contributed by atoms with Gasteiger partial charge in [0.1, 0.15) is 11.6 Å². The molecule has 0 aliphatic carbocycles. The first-order valence-electron chi connectivity index (χ1n) is 7.98. The number of nitrogens with zero attached hydrogens (tertiary/aromatic N) is 2. The van der Waals surface area contributed by atoms with Crippen LogP contribution in [-0.2, 0) is 0 Å². The summed E-state index contributed by atoms with van der Waals surface area (Å²) >= 11 is 6.12. The summed E-state index contributed by atoms with van der Waals surface area (Å²) in [5.41, 5.74) is 3.85. The van der Waals surface area contributed by atoms with Gasteiger partial charge in [-0.2, -0.15) is 5.10 Å². The molecule has 128 valence electrons. The first-order valence-corrected chi connectivity index (χ1v) is 8.36. The van der Waals surface area contributed by atoms with Gasteiger partial charge in [0.25, 0.3) is 0 Å². The third kappa shape index (κ3) is 3.24. The summed E-state index contributed by atoms with van der Waals surface area (Å²) in [5, 5.41) is 5.25. The monoisotopic (exact) mass is 366 g/mol. The van der Waals surface area contributed by atoms with Gasteiger partial charge in [-0.25, -0.2) is 13.5 Å². The van der Waals surface area contributed by atoms with E-state index in [1.165, 1.54) is 24.3 Å². The predicted molar refractivity (Wildman–Crippen MR) is 99.4 cm³/mol. The minimum Gasteiger partial charge on any atom is -0.232 e. The van der Waals surface area contributed by atoms with E-state index in [2.05, 4.69) is 5.10 Å². The van der Waals surface area contributed by atoms with Crippen LogP contribution < -0.4 is 0 Å². The fourth-order valence-corrected chi connectivity index (χ4v) is 2.96. The van der Waals surface area contributed by atoms with Crippen LogP contribution in [0.15, 0.2) is 78.9 Å². The van der Waals surface area contributed by atoms with Crippen molar-refractivity contribution in [3.8, 4) is 28.2 Å². The van der Waals surface area contributed by atoms with Crippen molar-refractivity contribution >= 4 is 11.6 Å². The Labute approximate surface area is 154 Å². The summed E-state index contributed by atoms with van der Waals surface area (Å²) in [6, 6.07) is 21.5. The molecule has 0 bridgehead atoms. The van der Waals surface area contributed by atoms with Gasteiger partial charge < -0.3 is 0 Å². The zero-order chi connectivity index (χ0) is 18.1. The third-order valence-corrected chi connectivity index (χ3v) is 4.28. The van der Waals surface area contributed by atoms with Gasteiger partial charge in [0.15, 0.2) is 0 Å². The van der Waals surface area contributed by atoms with E-state index in [1.54, 1.807) is 41.1 Å². The summed E-state index contributed by atoms with van der Waals surface area (Å²) in [4.78, 5) is 0. The second kappa shape index (κ2) is 6.73. The van der Waals surface area contributed by atoms with Crippen molar-refractivity contribution in [1.82, 2.24) is 9.78 Å². The van der Waals surface area contributed by atoms with Crippen LogP contribution in [0.3, 0.4) is 0 Å². The molecule has 0 amide bonds. The van der Waals surface area contributed by atoms with Crippen molar-refractivity contribution in [2.45, 2.75) is 0 Å². The maximum atomic E-state index is 13.3. The van der Waals surface area contributed by atoms with E-state index in [0.717, 1.165) is 22.5 Å². The SMILES string of the molecule is Fc1ccc(-c2cc(-c3ccc(F)cc3)n(-c3cccc(Cl)c3)n2)cc1. The first-order chi connectivity index (χ1) is 12.6. The molecular weight excluding hydrogens is 354 g/mol. The smallest absolute Gasteiger partial charge is 0.123 e. The Kier molecular flexibility index (Phi) is 4.27. The van der Waals surface area contributed by atoms with Crippen LogP contribution in [0.1, 0.15) is 0 Å². The molecule has 5 heteroatoms. The Hall–Kier alpha value is -2.98. The third-order valence-electron chi connectivity index (χ3n) is 4.04. The molecular formula is C21H13ClF2N2. The van der Waals surface area contributed by atoms with Crippen molar-refractivity contribution in [3.63, 3.8) is 0 Å². The van der Waals surface area contributed by atoms with E-state index < -0.39 is 0 Å². The average Bonchev–Trinajstić information content (AvgIpc) is 3.08. The molecule has 2 nitrogen and oxygen atoms in total. The summed E-state index contributed by atoms with van der Waals surface area (Å²) in [5.74, 6) is -0.608. The average molecular weight is 367 g/mol. The van der Waals surface area contributed by atoms with Crippen LogP contribution in [0.5, 0.6) is 0 Å². The van der Waals surface area contributed by atoms with Gasteiger partial charge in [0.2, 0.25) is 0 Å². The molecule has 4 aromatic rings. The highest BCUT2D eigenvalue weighted by Crippen LogP contribution is 2.29. The summed E-state index contributed by atoms with van der Waals surface area (Å²) in [6.07, 6.45) is 0. The van der Waals surface area contributed by atoms with Crippen molar-refractivity contribution in [2.75, 3.05) is 0 Å². The Morgan fingerprint density at radius 1 is 0.731 bits per heavy atom. The Morgan fingerprint density at radius 2 is 1.35 bits per heavy atom. The number of halogens is 3. The molecule has 1 heterocycles. The summed E-state index contributed by atoms with van der Waals surface area (Å²) in [6.45, 7) is 0. The molecule has 0 atom stereocenters. The number of benzene rings is 3. The second-order valence-corrected chi connectivity index (χ2v) is 6.26. The maximum absolute atomic E-state index is 13.3. The molecule has 0 radical (unpaired) electrons. The maximum Gasteiger partial charge on any atom is 0.123 e. The molecule has 0 saturated carbocycles. The van der Waals surface area contributed by atoms with Crippen molar-refractivity contribution < 1.29 is 8.78 Å². The van der Waals surface area contributed by atoms with Crippen LogP contribution in [0, 0.1) is 11.6 Å². The molecule has 3 aromatic carbocycles. The van der Waals surface area contributed by atoms with Gasteiger partial charge in [0, 0.05) is 16.1 Å². The quantitative estimate of drug-likeness (QED) is 0.426. The number of hydrogen-bond donors (Lipinski definition) is 0. The Bertz CT molecular complexity index is 1050. The fraction of sp³-hybridized carbons (Fsp3) is 0. The molecule has 4 rings (SSSR count). The Morgan fingerprint density at radius 3 is 1.96 bits per heavy atom. The van der Waals surface area contributed by atoms with Crippen molar-refractivity contribution in [2.24, 2.45) is 0 Å². The predicted octanol–water partition coefficient (Wildman–Crippen LogP) is 6.14. The highest BCUT2D eigenvalue weighted by atomic mass is 35.5. The van der Waals surface area contributed by atoms with Gasteiger partial charge in [-0.05, 0) is 72.8 Å². The molecule has 26 heavy (non-hydrogen) atoms. The molecule has 0 unspecified atom stereocenters. The van der Waals surface area contributed by atoms with Gasteiger partial charge in [0.05, 0.1) is 17.1 Å². The van der Waals surface area contributed by atoms with E-state index in [4.69, 9.17) is 11.6 Å². The number of aromatic nitrogens is 2. The van der Waals surface area contributed by atoms with Crippen molar-refractivity contribution in [1.29, 1.82) is 0 Å². The summed E-state index contributed by atoms with van der Waals surface area (Å²) in [7, 11) is 0. The van der Waals surface area contributed by atoms with Gasteiger partial charge in [-0.1, -0.05) is 17.7 Å². The van der Waals surface area contributed by atoms with Crippen LogP contribution in [-0.4, -0.2) is 9.78 Å². The minimum absolute atomic E-state index is 0.304. The highest BCUT2D eigenvalue weighted by Gasteiger charge is 2.13. The lowest BCUT2D eigenvalue weighted by atomic mass is 10.1. The molecule has 0 aliphatic rings. The fourth-order valence-electron chi connectivity index (χ4n) is 2.77. The standard InChI is InChI=1S/C21H13ClF2N2/c22-16-2-1-3-19(12-16)26-21(15-6-10-18(24)11-7-15)13-20(25-26)14-4-8-17(23)9-5-14/h1-13H. The minimum atomic E-state index is -0.304. The number of hydrogen-bond acceptors (Lipinski definition) is 1. The molecule has 0 aliphatic heterocycles. The van der Waals surface area contributed by atoms with E-state index in [1.807, 2.05) is 18.2 Å². The van der Waals surface area contributed by atoms with Gasteiger partial charge in [-0.3, -0.25) is 0 Å². The summed E-state index contributed by atoms with van der Waals surface area (Å²) < 4.78 is 28.3. The number of rotatable bonds is 3. The lowest BCUT2D eigenvalue weighted by molar-refractivity contribution is 0.627.